The molecule has 0 saturated carbocycles. The molecular formula is C21H21N5O4S. The van der Waals surface area contributed by atoms with Crippen LogP contribution in [0.2, 0.25) is 0 Å². The first-order valence-corrected chi connectivity index (χ1v) is 10.5. The van der Waals surface area contributed by atoms with Gasteiger partial charge in [-0.1, -0.05) is 30.0 Å². The monoisotopic (exact) mass is 439 g/mol. The van der Waals surface area contributed by atoms with E-state index in [2.05, 4.69) is 16.8 Å². The maximum Gasteiger partial charge on any atom is 0.260 e. The van der Waals surface area contributed by atoms with Crippen molar-refractivity contribution in [2.75, 3.05) is 17.2 Å². The molecule has 0 fully saturated rings. The number of hydrogen-bond donors (Lipinski definition) is 1. The minimum absolute atomic E-state index is 0.0601. The number of nitrogens with zero attached hydrogens (tertiary/aromatic N) is 4. The highest BCUT2D eigenvalue weighted by atomic mass is 32.2. The van der Waals surface area contributed by atoms with Crippen molar-refractivity contribution >= 4 is 29.3 Å². The number of amides is 2. The van der Waals surface area contributed by atoms with Crippen LogP contribution in [0.3, 0.4) is 0 Å². The molecule has 1 aliphatic rings. The molecule has 2 amide bonds. The van der Waals surface area contributed by atoms with Crippen LogP contribution >= 0.6 is 11.8 Å². The lowest BCUT2D eigenvalue weighted by molar-refractivity contribution is -0.125. The Labute approximate surface area is 182 Å². The van der Waals surface area contributed by atoms with E-state index in [1.54, 1.807) is 36.6 Å². The minimum Gasteiger partial charge on any atom is -0.477 e. The van der Waals surface area contributed by atoms with Gasteiger partial charge in [0.25, 0.3) is 5.91 Å². The molecule has 3 heterocycles. The van der Waals surface area contributed by atoms with Crippen molar-refractivity contribution in [1.29, 1.82) is 0 Å². The summed E-state index contributed by atoms with van der Waals surface area (Å²) in [4.78, 5) is 26.3. The van der Waals surface area contributed by atoms with Crippen molar-refractivity contribution < 1.29 is 18.7 Å². The first kappa shape index (κ1) is 20.7. The number of ether oxygens (including phenoxy) is 1. The van der Waals surface area contributed by atoms with Gasteiger partial charge in [0.15, 0.2) is 17.1 Å². The van der Waals surface area contributed by atoms with Gasteiger partial charge in [0, 0.05) is 6.54 Å². The van der Waals surface area contributed by atoms with E-state index in [0.717, 1.165) is 11.3 Å². The number of benzene rings is 1. The Bertz CT molecular complexity index is 1140. The van der Waals surface area contributed by atoms with Crippen molar-refractivity contribution in [2.24, 2.45) is 5.73 Å². The molecule has 0 bridgehead atoms. The van der Waals surface area contributed by atoms with Gasteiger partial charge in [-0.3, -0.25) is 14.2 Å². The smallest absolute Gasteiger partial charge is 0.260 e. The van der Waals surface area contributed by atoms with Gasteiger partial charge in [-0.2, -0.15) is 0 Å². The summed E-state index contributed by atoms with van der Waals surface area (Å²) in [6, 6.07) is 8.89. The molecule has 31 heavy (non-hydrogen) atoms. The Hall–Kier alpha value is -3.53. The number of aromatic nitrogens is 3. The molecule has 0 unspecified atom stereocenters. The molecule has 1 atom stereocenters. The second kappa shape index (κ2) is 8.68. The van der Waals surface area contributed by atoms with Crippen LogP contribution in [-0.4, -0.2) is 45.0 Å². The van der Waals surface area contributed by atoms with E-state index < -0.39 is 12.0 Å². The van der Waals surface area contributed by atoms with E-state index in [9.17, 15) is 9.59 Å². The third kappa shape index (κ3) is 4.06. The molecule has 0 saturated heterocycles. The van der Waals surface area contributed by atoms with Gasteiger partial charge in [0.1, 0.15) is 11.5 Å². The predicted molar refractivity (Wildman–Crippen MR) is 116 cm³/mol. The average molecular weight is 439 g/mol. The fourth-order valence-corrected chi connectivity index (χ4v) is 4.15. The molecule has 0 spiro atoms. The van der Waals surface area contributed by atoms with Gasteiger partial charge in [0.05, 0.1) is 29.8 Å². The summed E-state index contributed by atoms with van der Waals surface area (Å²) in [7, 11) is 0. The number of aryl methyl sites for hydroxylation is 1. The van der Waals surface area contributed by atoms with Gasteiger partial charge in [0.2, 0.25) is 5.91 Å². The van der Waals surface area contributed by atoms with Crippen molar-refractivity contribution in [1.82, 2.24) is 14.8 Å². The van der Waals surface area contributed by atoms with E-state index in [0.29, 0.717) is 29.0 Å². The summed E-state index contributed by atoms with van der Waals surface area (Å²) < 4.78 is 12.9. The Morgan fingerprint density at radius 3 is 2.84 bits per heavy atom. The molecule has 160 valence electrons. The lowest BCUT2D eigenvalue weighted by Gasteiger charge is -2.33. The van der Waals surface area contributed by atoms with E-state index >= 15 is 0 Å². The number of thioether (sulfide) groups is 1. The molecule has 1 aromatic carbocycles. The standard InChI is InChI=1S/C21H21N5O4S/c1-3-9-25-20(14-8-10-29-13(14)2)23-24-21(25)31-12-18(27)26-11-17(19(22)28)30-16-7-5-4-6-15(16)26/h3-8,10,17H,1,9,11-12H2,2H3,(H2,22,28)/t17-/m1/s1. The number of hydrogen-bond acceptors (Lipinski definition) is 7. The van der Waals surface area contributed by atoms with Crippen LogP contribution in [0, 0.1) is 6.92 Å². The Kier molecular flexibility index (Phi) is 5.81. The van der Waals surface area contributed by atoms with Crippen molar-refractivity contribution in [2.45, 2.75) is 24.7 Å². The van der Waals surface area contributed by atoms with E-state index in [1.807, 2.05) is 17.6 Å². The van der Waals surface area contributed by atoms with Crippen LogP contribution in [0.15, 0.2) is 58.8 Å². The van der Waals surface area contributed by atoms with Crippen LogP contribution in [0.25, 0.3) is 11.4 Å². The van der Waals surface area contributed by atoms with E-state index in [-0.39, 0.29) is 18.2 Å². The molecule has 1 aliphatic heterocycles. The van der Waals surface area contributed by atoms with Crippen LogP contribution in [0.4, 0.5) is 5.69 Å². The van der Waals surface area contributed by atoms with E-state index in [1.165, 1.54) is 16.7 Å². The van der Waals surface area contributed by atoms with Crippen molar-refractivity contribution in [3.05, 3.63) is 55.0 Å². The van der Waals surface area contributed by atoms with Gasteiger partial charge in [-0.05, 0) is 25.1 Å². The highest BCUT2D eigenvalue weighted by molar-refractivity contribution is 7.99. The summed E-state index contributed by atoms with van der Waals surface area (Å²) in [6.07, 6.45) is 2.44. The number of allylic oxidation sites excluding steroid dienone is 1. The molecule has 2 aromatic heterocycles. The lowest BCUT2D eigenvalue weighted by Crippen LogP contribution is -2.49. The molecule has 10 heteroatoms. The average Bonchev–Trinajstić information content (AvgIpc) is 3.37. The molecule has 9 nitrogen and oxygen atoms in total. The highest BCUT2D eigenvalue weighted by Gasteiger charge is 2.32. The predicted octanol–water partition coefficient (Wildman–Crippen LogP) is 2.40. The lowest BCUT2D eigenvalue weighted by atomic mass is 10.2. The number of para-hydroxylation sites is 2. The van der Waals surface area contributed by atoms with Crippen LogP contribution in [0.1, 0.15) is 5.76 Å². The zero-order valence-corrected chi connectivity index (χ0v) is 17.7. The first-order chi connectivity index (χ1) is 15.0. The maximum absolute atomic E-state index is 13.1. The highest BCUT2D eigenvalue weighted by Crippen LogP contribution is 2.34. The van der Waals surface area contributed by atoms with Crippen LogP contribution < -0.4 is 15.4 Å². The number of anilines is 1. The fourth-order valence-electron chi connectivity index (χ4n) is 3.33. The van der Waals surface area contributed by atoms with Crippen LogP contribution in [-0.2, 0) is 16.1 Å². The molecule has 3 aromatic rings. The van der Waals surface area contributed by atoms with Gasteiger partial charge in [-0.25, -0.2) is 0 Å². The van der Waals surface area contributed by atoms with Crippen LogP contribution in [0.5, 0.6) is 5.75 Å². The van der Waals surface area contributed by atoms with E-state index in [4.69, 9.17) is 14.9 Å². The number of carbonyl (C=O) groups is 2. The summed E-state index contributed by atoms with van der Waals surface area (Å²) in [6.45, 7) is 6.19. The van der Waals surface area contributed by atoms with Gasteiger partial charge < -0.3 is 19.8 Å². The SMILES string of the molecule is C=CCn1c(SCC(=O)N2C[C@H](C(N)=O)Oc3ccccc32)nnc1-c1ccoc1C. The second-order valence-corrected chi connectivity index (χ2v) is 7.81. The van der Waals surface area contributed by atoms with Crippen molar-refractivity contribution in [3.8, 4) is 17.1 Å². The number of nitrogens with two attached hydrogens (primary N) is 1. The molecule has 0 radical (unpaired) electrons. The normalized spacial score (nSPS) is 15.3. The third-order valence-corrected chi connectivity index (χ3v) is 5.80. The third-order valence-electron chi connectivity index (χ3n) is 4.85. The first-order valence-electron chi connectivity index (χ1n) is 9.56. The maximum atomic E-state index is 13.1. The molecular weight excluding hydrogens is 418 g/mol. The number of fused-ring (bicyclic) bond motifs is 1. The Morgan fingerprint density at radius 1 is 1.32 bits per heavy atom. The summed E-state index contributed by atoms with van der Waals surface area (Å²) in [5.74, 6) is 1.11. The molecule has 2 N–H and O–H groups in total. The Morgan fingerprint density at radius 2 is 2.13 bits per heavy atom. The summed E-state index contributed by atoms with van der Waals surface area (Å²) in [5.41, 5.74) is 6.86. The quantitative estimate of drug-likeness (QED) is 0.444. The second-order valence-electron chi connectivity index (χ2n) is 6.87. The topological polar surface area (TPSA) is 116 Å². The molecule has 4 rings (SSSR count). The minimum atomic E-state index is -0.899. The number of furan rings is 1. The summed E-state index contributed by atoms with van der Waals surface area (Å²) in [5, 5.41) is 9.11. The van der Waals surface area contributed by atoms with Crippen molar-refractivity contribution in [3.63, 3.8) is 0 Å². The zero-order valence-electron chi connectivity index (χ0n) is 16.9. The number of carbonyl (C=O) groups excluding carboxylic acids is 2. The summed E-state index contributed by atoms with van der Waals surface area (Å²) >= 11 is 1.26. The molecule has 0 aliphatic carbocycles. The number of rotatable bonds is 7. The fraction of sp³-hybridized carbons (Fsp3) is 0.238. The zero-order chi connectivity index (χ0) is 22.0. The number of primary amides is 1. The van der Waals surface area contributed by atoms with Gasteiger partial charge >= 0.3 is 0 Å². The Balaban J connectivity index is 1.55. The van der Waals surface area contributed by atoms with Gasteiger partial charge in [-0.15, -0.1) is 16.8 Å². The largest absolute Gasteiger partial charge is 0.477 e.